The molecule has 0 aromatic heterocycles. The molecule has 2 atom stereocenters. The van der Waals surface area contributed by atoms with E-state index in [9.17, 15) is 38.1 Å². The predicted octanol–water partition coefficient (Wildman–Crippen LogP) is 6.59. The van der Waals surface area contributed by atoms with Crippen molar-refractivity contribution >= 4 is 34.7 Å². The van der Waals surface area contributed by atoms with Crippen molar-refractivity contribution in [2.24, 2.45) is 5.92 Å². The van der Waals surface area contributed by atoms with Crippen molar-refractivity contribution < 1.29 is 37.2 Å². The van der Waals surface area contributed by atoms with Gasteiger partial charge < -0.3 is 14.4 Å². The van der Waals surface area contributed by atoms with E-state index >= 15 is 0 Å². The van der Waals surface area contributed by atoms with E-state index in [4.69, 9.17) is 21.1 Å². The lowest BCUT2D eigenvalue weighted by Crippen LogP contribution is -2.43. The highest BCUT2D eigenvalue weighted by Gasteiger charge is 2.36. The number of nitrogens with zero attached hydrogens (tertiary/aromatic N) is 3. The molecule has 0 saturated heterocycles. The minimum Gasteiger partial charge on any atom is -0.476 e. The SMILES string of the molecule is CCN(C(=O)C(C#N)C(=O)C(C)Oc1cc(Oc2ccc(C(F)(F)F)cc2Cl)ccc1[N+](=O)[O-])c1ccccc1. The first-order valence-electron chi connectivity index (χ1n) is 11.7. The number of ether oxygens (including phenoxy) is 2. The van der Waals surface area contributed by atoms with Crippen molar-refractivity contribution in [3.05, 3.63) is 87.4 Å². The average molecular weight is 576 g/mol. The largest absolute Gasteiger partial charge is 0.476 e. The van der Waals surface area contributed by atoms with Crippen molar-refractivity contribution in [3.63, 3.8) is 0 Å². The summed E-state index contributed by atoms with van der Waals surface area (Å²) in [6, 6.07) is 15.7. The first-order valence-corrected chi connectivity index (χ1v) is 12.0. The molecule has 3 rings (SSSR count). The van der Waals surface area contributed by atoms with E-state index in [2.05, 4.69) is 0 Å². The molecule has 0 fully saturated rings. The number of hydrogen-bond acceptors (Lipinski definition) is 7. The zero-order valence-corrected chi connectivity index (χ0v) is 21.8. The molecule has 208 valence electrons. The van der Waals surface area contributed by atoms with E-state index in [0.29, 0.717) is 11.8 Å². The molecule has 0 radical (unpaired) electrons. The number of nitriles is 1. The molecule has 0 bridgehead atoms. The number of nitro benzene ring substituents is 1. The highest BCUT2D eigenvalue weighted by atomic mass is 35.5. The number of hydrogen-bond donors (Lipinski definition) is 0. The van der Waals surface area contributed by atoms with Gasteiger partial charge in [0.15, 0.2) is 17.8 Å². The number of carbonyl (C=O) groups excluding carboxylic acids is 2. The van der Waals surface area contributed by atoms with Gasteiger partial charge >= 0.3 is 11.9 Å². The summed E-state index contributed by atoms with van der Waals surface area (Å²) in [5, 5.41) is 20.8. The molecule has 0 aliphatic carbocycles. The minimum absolute atomic E-state index is 0.101. The summed E-state index contributed by atoms with van der Waals surface area (Å²) in [6.45, 7) is 3.06. The zero-order chi connectivity index (χ0) is 29.6. The van der Waals surface area contributed by atoms with Gasteiger partial charge in [0, 0.05) is 24.4 Å². The number of ketones is 1. The van der Waals surface area contributed by atoms with Crippen LogP contribution in [0.1, 0.15) is 19.4 Å². The second-order valence-electron chi connectivity index (χ2n) is 8.27. The maximum Gasteiger partial charge on any atom is 0.416 e. The first-order chi connectivity index (χ1) is 18.9. The van der Waals surface area contributed by atoms with Crippen molar-refractivity contribution in [2.45, 2.75) is 26.1 Å². The fourth-order valence-corrected chi connectivity index (χ4v) is 3.86. The summed E-state index contributed by atoms with van der Waals surface area (Å²) < 4.78 is 49.8. The summed E-state index contributed by atoms with van der Waals surface area (Å²) in [6.07, 6.45) is -6.11. The maximum atomic E-state index is 13.1. The average Bonchev–Trinajstić information content (AvgIpc) is 2.90. The third-order valence-corrected chi connectivity index (χ3v) is 5.93. The van der Waals surface area contributed by atoms with Crippen molar-refractivity contribution in [1.29, 1.82) is 5.26 Å². The van der Waals surface area contributed by atoms with Gasteiger partial charge in [-0.2, -0.15) is 18.4 Å². The number of carbonyl (C=O) groups is 2. The number of anilines is 1. The molecule has 9 nitrogen and oxygen atoms in total. The molecule has 0 aliphatic rings. The van der Waals surface area contributed by atoms with Gasteiger partial charge in [-0.25, -0.2) is 0 Å². The Kier molecular flexibility index (Phi) is 9.34. The molecule has 40 heavy (non-hydrogen) atoms. The van der Waals surface area contributed by atoms with Gasteiger partial charge in [-0.15, -0.1) is 0 Å². The van der Waals surface area contributed by atoms with E-state index in [-0.39, 0.29) is 23.1 Å². The molecular weight excluding hydrogens is 555 g/mol. The van der Waals surface area contributed by atoms with Crippen LogP contribution in [0.25, 0.3) is 0 Å². The van der Waals surface area contributed by atoms with Crippen LogP contribution in [0, 0.1) is 27.4 Å². The van der Waals surface area contributed by atoms with Crippen LogP contribution in [-0.4, -0.2) is 29.3 Å². The molecule has 1 amide bonds. The molecule has 0 saturated carbocycles. The van der Waals surface area contributed by atoms with Crippen molar-refractivity contribution in [3.8, 4) is 23.3 Å². The third kappa shape index (κ3) is 6.86. The summed E-state index contributed by atoms with van der Waals surface area (Å²) >= 11 is 5.92. The van der Waals surface area contributed by atoms with Crippen LogP contribution in [-0.2, 0) is 15.8 Å². The fraction of sp³-hybridized carbons (Fsp3) is 0.222. The summed E-state index contributed by atoms with van der Waals surface area (Å²) in [4.78, 5) is 38.2. The Bertz CT molecular complexity index is 1460. The van der Waals surface area contributed by atoms with Crippen molar-refractivity contribution in [2.75, 3.05) is 11.4 Å². The maximum absolute atomic E-state index is 13.1. The Balaban J connectivity index is 1.85. The Hall–Kier alpha value is -4.63. The molecule has 0 aliphatic heterocycles. The highest BCUT2D eigenvalue weighted by Crippen LogP contribution is 2.39. The Labute approximate surface area is 231 Å². The van der Waals surface area contributed by atoms with E-state index in [0.717, 1.165) is 30.3 Å². The standard InChI is InChI=1S/C27H21ClF3N3O6/c1-3-33(18-7-5-4-6-8-18)26(36)20(15-32)25(35)16(2)39-24-14-19(10-11-22(24)34(37)38)40-23-12-9-17(13-21(23)28)27(29,30)31/h4-14,16,20H,3H2,1-2H3. The van der Waals surface area contributed by atoms with Crippen LogP contribution in [0.3, 0.4) is 0 Å². The molecule has 3 aromatic rings. The van der Waals surface area contributed by atoms with Gasteiger partial charge in [0.25, 0.3) is 5.91 Å². The zero-order valence-electron chi connectivity index (χ0n) is 21.0. The smallest absolute Gasteiger partial charge is 0.416 e. The van der Waals surface area contributed by atoms with Gasteiger partial charge in [0.2, 0.25) is 5.75 Å². The number of halogens is 4. The number of Topliss-reactive ketones (excluding diaryl/α,β-unsaturated/α-hetero) is 1. The van der Waals surface area contributed by atoms with E-state index in [1.54, 1.807) is 43.3 Å². The molecule has 3 aromatic carbocycles. The van der Waals surface area contributed by atoms with Crippen molar-refractivity contribution in [1.82, 2.24) is 0 Å². The normalized spacial score (nSPS) is 12.5. The Morgan fingerprint density at radius 1 is 1.10 bits per heavy atom. The number of rotatable bonds is 10. The van der Waals surface area contributed by atoms with Crippen LogP contribution < -0.4 is 14.4 Å². The highest BCUT2D eigenvalue weighted by molar-refractivity contribution is 6.32. The second-order valence-corrected chi connectivity index (χ2v) is 8.68. The second kappa shape index (κ2) is 12.5. The van der Waals surface area contributed by atoms with Crippen LogP contribution in [0.5, 0.6) is 17.2 Å². The summed E-state index contributed by atoms with van der Waals surface area (Å²) in [7, 11) is 0. The van der Waals surface area contributed by atoms with E-state index in [1.165, 1.54) is 11.8 Å². The molecule has 13 heteroatoms. The monoisotopic (exact) mass is 575 g/mol. The molecule has 2 unspecified atom stereocenters. The molecule has 0 N–H and O–H groups in total. The minimum atomic E-state index is -4.63. The third-order valence-electron chi connectivity index (χ3n) is 5.63. The predicted molar refractivity (Wildman–Crippen MR) is 138 cm³/mol. The van der Waals surface area contributed by atoms with Crippen LogP contribution >= 0.6 is 11.6 Å². The van der Waals surface area contributed by atoms with Gasteiger partial charge in [-0.1, -0.05) is 29.8 Å². The lowest BCUT2D eigenvalue weighted by Gasteiger charge is -2.24. The number of para-hydroxylation sites is 1. The number of amides is 1. The first kappa shape index (κ1) is 29.9. The molecular formula is C27H21ClF3N3O6. The molecule has 0 heterocycles. The molecule has 0 spiro atoms. The van der Waals surface area contributed by atoms with E-state index in [1.807, 2.05) is 0 Å². The number of alkyl halides is 3. The summed E-state index contributed by atoms with van der Waals surface area (Å²) in [5.74, 6) is -4.20. The van der Waals surface area contributed by atoms with Gasteiger partial charge in [0.05, 0.1) is 21.6 Å². The number of nitro groups is 1. The van der Waals surface area contributed by atoms with Gasteiger partial charge in [-0.05, 0) is 50.2 Å². The van der Waals surface area contributed by atoms with E-state index < -0.39 is 51.8 Å². The lowest BCUT2D eigenvalue weighted by atomic mass is 9.99. The van der Waals surface area contributed by atoms with Gasteiger partial charge in [0.1, 0.15) is 11.5 Å². The van der Waals surface area contributed by atoms with Gasteiger partial charge in [-0.3, -0.25) is 19.7 Å². The topological polar surface area (TPSA) is 123 Å². The quantitative estimate of drug-likeness (QED) is 0.152. The number of benzene rings is 3. The van der Waals surface area contributed by atoms with Crippen LogP contribution in [0.4, 0.5) is 24.5 Å². The van der Waals surface area contributed by atoms with Crippen LogP contribution in [0.2, 0.25) is 5.02 Å². The fourth-order valence-electron chi connectivity index (χ4n) is 3.64. The Morgan fingerprint density at radius 2 is 1.77 bits per heavy atom. The Morgan fingerprint density at radius 3 is 2.33 bits per heavy atom. The van der Waals surface area contributed by atoms with Crippen LogP contribution in [0.15, 0.2) is 66.7 Å². The lowest BCUT2D eigenvalue weighted by molar-refractivity contribution is -0.386. The summed E-state index contributed by atoms with van der Waals surface area (Å²) in [5.41, 5.74) is -1.09.